The van der Waals surface area contributed by atoms with Crippen molar-refractivity contribution in [1.29, 1.82) is 5.26 Å². The normalized spacial score (nSPS) is 14.8. The molecule has 3 atom stereocenters. The Balaban J connectivity index is 1.54. The molecule has 17 heteroatoms. The number of non-ortho nitro benzene ring substituents is 1. The molecule has 17 nitrogen and oxygen atoms in total. The number of hydrogen-bond acceptors (Lipinski definition) is 9. The van der Waals surface area contributed by atoms with Crippen LogP contribution in [0.15, 0.2) is 71.7 Å². The predicted octanol–water partition coefficient (Wildman–Crippen LogP) is 3.53. The van der Waals surface area contributed by atoms with Crippen molar-refractivity contribution < 1.29 is 39.1 Å². The molecule has 6 N–H and O–H groups in total. The van der Waals surface area contributed by atoms with Crippen LogP contribution in [-0.4, -0.2) is 67.7 Å². The first-order chi connectivity index (χ1) is 25.4. The Bertz CT molecular complexity index is 2020. The van der Waals surface area contributed by atoms with Crippen LogP contribution in [0.25, 0.3) is 0 Å². The maximum Gasteiger partial charge on any atom is 0.326 e. The van der Waals surface area contributed by atoms with Gasteiger partial charge in [0.1, 0.15) is 18.1 Å². The number of fused-ring (bicyclic) bond motifs is 1. The molecule has 3 aromatic carbocycles. The molecule has 0 fully saturated rings. The van der Waals surface area contributed by atoms with E-state index in [9.17, 15) is 49.6 Å². The highest BCUT2D eigenvalue weighted by molar-refractivity contribution is 5.97. The highest BCUT2D eigenvalue weighted by atomic mass is 16.6. The molecule has 0 saturated heterocycles. The topological polar surface area (TPSA) is 256 Å². The standard InChI is InChI=1S/C37H40N8O9/c1-21(46)44-19-24-15-26(41-36(39-20-38)40-25-9-12-27(13-10-25)45(53)54)11-14-28(24)32(44)33(48)43-30(35(51)52)17-23-8-6-5-7-22(23)16-29(34(49)50)42-31(47)18-37(2,3)4/h5-15,29-30,32H,16-19H2,1-4H3,(H,42,47)(H,43,48)(H,49,50)(H,51,52)(H2,39,40,41). The number of nitriles is 1. The van der Waals surface area contributed by atoms with Crippen molar-refractivity contribution in [2.75, 3.05) is 5.32 Å². The Morgan fingerprint density at radius 2 is 1.56 bits per heavy atom. The number of carbonyl (C=O) groups excluding carboxylic acids is 3. The van der Waals surface area contributed by atoms with E-state index in [0.717, 1.165) is 0 Å². The third-order valence-electron chi connectivity index (χ3n) is 8.39. The molecule has 282 valence electrons. The van der Waals surface area contributed by atoms with Crippen molar-refractivity contribution in [2.24, 2.45) is 10.4 Å². The average Bonchev–Trinajstić information content (AvgIpc) is 3.47. The van der Waals surface area contributed by atoms with Crippen LogP contribution >= 0.6 is 0 Å². The molecule has 54 heavy (non-hydrogen) atoms. The Kier molecular flexibility index (Phi) is 12.7. The fourth-order valence-corrected chi connectivity index (χ4v) is 5.93. The van der Waals surface area contributed by atoms with Gasteiger partial charge in [-0.3, -0.25) is 29.8 Å². The van der Waals surface area contributed by atoms with E-state index in [1.165, 1.54) is 36.1 Å². The Labute approximate surface area is 310 Å². The number of nitro groups is 1. The molecule has 1 aliphatic rings. The van der Waals surface area contributed by atoms with Crippen LogP contribution in [0.3, 0.4) is 0 Å². The van der Waals surface area contributed by atoms with Gasteiger partial charge in [0.05, 0.1) is 10.6 Å². The zero-order valence-corrected chi connectivity index (χ0v) is 30.0. The van der Waals surface area contributed by atoms with Gasteiger partial charge in [0.25, 0.3) is 5.69 Å². The first-order valence-corrected chi connectivity index (χ1v) is 16.7. The number of anilines is 1. The lowest BCUT2D eigenvalue weighted by Gasteiger charge is -2.25. The van der Waals surface area contributed by atoms with Gasteiger partial charge in [0.15, 0.2) is 6.19 Å². The number of nitro benzene ring substituents is 1. The summed E-state index contributed by atoms with van der Waals surface area (Å²) in [6, 6.07) is 12.8. The zero-order valence-electron chi connectivity index (χ0n) is 30.0. The molecular weight excluding hydrogens is 700 g/mol. The van der Waals surface area contributed by atoms with Crippen molar-refractivity contribution in [3.8, 4) is 6.19 Å². The number of nitrogens with one attached hydrogen (secondary N) is 4. The van der Waals surface area contributed by atoms with E-state index in [1.807, 2.05) is 20.8 Å². The minimum Gasteiger partial charge on any atom is -0.480 e. The quantitative estimate of drug-likeness (QED) is 0.0368. The van der Waals surface area contributed by atoms with Gasteiger partial charge in [-0.05, 0) is 51.9 Å². The number of nitrogens with zero attached hydrogens (tertiary/aromatic N) is 4. The summed E-state index contributed by atoms with van der Waals surface area (Å²) in [7, 11) is 0. The Morgan fingerprint density at radius 3 is 2.07 bits per heavy atom. The molecule has 0 bridgehead atoms. The molecule has 0 spiro atoms. The SMILES string of the molecule is CC(=O)N1Cc2cc(NC(=Nc3ccc([N+](=O)[O-])cc3)NC#N)ccc2C1C(=O)NC(Cc1ccccc1CC(NC(=O)CC(C)(C)C)C(=O)O)C(=O)O. The van der Waals surface area contributed by atoms with Gasteiger partial charge in [-0.25, -0.2) is 14.6 Å². The number of carbonyl (C=O) groups is 5. The fraction of sp³-hybridized carbons (Fsp3) is 0.324. The van der Waals surface area contributed by atoms with E-state index in [4.69, 9.17) is 0 Å². The molecule has 3 unspecified atom stereocenters. The molecule has 1 aliphatic heterocycles. The van der Waals surface area contributed by atoms with Gasteiger partial charge in [-0.2, -0.15) is 5.26 Å². The Hall–Kier alpha value is -6.83. The Morgan fingerprint density at radius 1 is 0.963 bits per heavy atom. The van der Waals surface area contributed by atoms with E-state index >= 15 is 0 Å². The number of hydrogen-bond donors (Lipinski definition) is 6. The van der Waals surface area contributed by atoms with Crippen LogP contribution in [0.5, 0.6) is 0 Å². The van der Waals surface area contributed by atoms with E-state index < -0.39 is 52.7 Å². The number of amides is 3. The van der Waals surface area contributed by atoms with Crippen molar-refractivity contribution in [1.82, 2.24) is 20.9 Å². The van der Waals surface area contributed by atoms with Gasteiger partial charge in [0.2, 0.25) is 23.7 Å². The predicted molar refractivity (Wildman–Crippen MR) is 195 cm³/mol. The number of guanidine groups is 1. The highest BCUT2D eigenvalue weighted by Crippen LogP contribution is 2.36. The van der Waals surface area contributed by atoms with E-state index in [1.54, 1.807) is 48.7 Å². The first kappa shape index (κ1) is 39.9. The molecule has 3 amide bonds. The largest absolute Gasteiger partial charge is 0.480 e. The highest BCUT2D eigenvalue weighted by Gasteiger charge is 2.39. The third kappa shape index (κ3) is 10.6. The van der Waals surface area contributed by atoms with Crippen LogP contribution in [0.1, 0.15) is 62.4 Å². The van der Waals surface area contributed by atoms with Crippen LogP contribution in [-0.2, 0) is 43.4 Å². The number of rotatable bonds is 13. The van der Waals surface area contributed by atoms with Crippen molar-refractivity contribution >= 4 is 52.7 Å². The van der Waals surface area contributed by atoms with Crippen molar-refractivity contribution in [3.63, 3.8) is 0 Å². The minimum atomic E-state index is -1.47. The summed E-state index contributed by atoms with van der Waals surface area (Å²) >= 11 is 0. The molecule has 0 radical (unpaired) electrons. The number of carboxylic acids is 2. The van der Waals surface area contributed by atoms with Crippen LogP contribution < -0.4 is 21.3 Å². The lowest BCUT2D eigenvalue weighted by molar-refractivity contribution is -0.384. The van der Waals surface area contributed by atoms with Gasteiger partial charge in [0, 0.05) is 50.6 Å². The first-order valence-electron chi connectivity index (χ1n) is 16.7. The molecule has 4 rings (SSSR count). The van der Waals surface area contributed by atoms with Gasteiger partial charge < -0.3 is 31.1 Å². The van der Waals surface area contributed by atoms with Gasteiger partial charge >= 0.3 is 11.9 Å². The number of benzene rings is 3. The fourth-order valence-electron chi connectivity index (χ4n) is 5.93. The summed E-state index contributed by atoms with van der Waals surface area (Å²) in [4.78, 5) is 79.7. The van der Waals surface area contributed by atoms with Gasteiger partial charge in [-0.1, -0.05) is 51.1 Å². The maximum absolute atomic E-state index is 13.8. The molecular formula is C37H40N8O9. The third-order valence-corrected chi connectivity index (χ3v) is 8.39. The number of aliphatic imine (C=N–C) groups is 1. The molecule has 0 aliphatic carbocycles. The monoisotopic (exact) mass is 740 g/mol. The summed E-state index contributed by atoms with van der Waals surface area (Å²) in [5, 5.41) is 50.7. The lowest BCUT2D eigenvalue weighted by atomic mass is 9.91. The molecule has 0 saturated carbocycles. The average molecular weight is 741 g/mol. The summed E-state index contributed by atoms with van der Waals surface area (Å²) in [6.45, 7) is 6.84. The minimum absolute atomic E-state index is 0.00596. The van der Waals surface area contributed by atoms with Crippen molar-refractivity contribution in [3.05, 3.63) is 99.1 Å². The van der Waals surface area contributed by atoms with E-state index in [2.05, 4.69) is 26.3 Å². The molecule has 3 aromatic rings. The molecule has 0 aromatic heterocycles. The van der Waals surface area contributed by atoms with Crippen LogP contribution in [0.2, 0.25) is 0 Å². The van der Waals surface area contributed by atoms with Crippen LogP contribution in [0, 0.1) is 27.0 Å². The van der Waals surface area contributed by atoms with Gasteiger partial charge in [-0.15, -0.1) is 0 Å². The second kappa shape index (κ2) is 17.1. The maximum atomic E-state index is 13.8. The second-order valence-electron chi connectivity index (χ2n) is 13.8. The van der Waals surface area contributed by atoms with Crippen LogP contribution in [0.4, 0.5) is 17.1 Å². The number of carboxylic acid groups (broad SMARTS) is 2. The summed E-state index contributed by atoms with van der Waals surface area (Å²) < 4.78 is 0. The molecule has 1 heterocycles. The summed E-state index contributed by atoms with van der Waals surface area (Å²) in [5.74, 6) is -4.26. The summed E-state index contributed by atoms with van der Waals surface area (Å²) in [6.07, 6.45) is 1.52. The van der Waals surface area contributed by atoms with E-state index in [0.29, 0.717) is 33.6 Å². The second-order valence-corrected chi connectivity index (χ2v) is 13.8. The smallest absolute Gasteiger partial charge is 0.326 e. The number of aliphatic carboxylic acids is 2. The zero-order chi connectivity index (χ0) is 39.7. The summed E-state index contributed by atoms with van der Waals surface area (Å²) in [5.41, 5.74) is 2.16. The lowest BCUT2D eigenvalue weighted by Crippen LogP contribution is -2.47. The van der Waals surface area contributed by atoms with Crippen molar-refractivity contribution in [2.45, 2.75) is 71.6 Å². The van der Waals surface area contributed by atoms with E-state index in [-0.39, 0.29) is 42.9 Å².